The second-order valence-electron chi connectivity index (χ2n) is 6.33. The minimum absolute atomic E-state index is 0.0752. The summed E-state index contributed by atoms with van der Waals surface area (Å²) in [7, 11) is 0. The number of nitro groups is 1. The molecule has 136 valence electrons. The van der Waals surface area contributed by atoms with Gasteiger partial charge in [0.25, 0.3) is 5.69 Å². The highest BCUT2D eigenvalue weighted by Crippen LogP contribution is 2.20. The molecule has 0 aliphatic heterocycles. The smallest absolute Gasteiger partial charge is 0.269 e. The maximum absolute atomic E-state index is 10.7. The molecule has 0 aromatic heterocycles. The van der Waals surface area contributed by atoms with Crippen LogP contribution in [0.15, 0.2) is 71.7 Å². The number of aryl methyl sites for hydroxylation is 2. The molecule has 0 atom stereocenters. The van der Waals surface area contributed by atoms with Gasteiger partial charge in [-0.05, 0) is 73.0 Å². The zero-order chi connectivity index (χ0) is 19.2. The van der Waals surface area contributed by atoms with Gasteiger partial charge in [-0.25, -0.2) is 0 Å². The molecule has 27 heavy (non-hydrogen) atoms. The first kappa shape index (κ1) is 18.3. The van der Waals surface area contributed by atoms with Gasteiger partial charge in [0.2, 0.25) is 0 Å². The lowest BCUT2D eigenvalue weighted by Gasteiger charge is -2.06. The number of nitrogens with zero attached hydrogens (tertiary/aromatic N) is 2. The molecule has 0 unspecified atom stereocenters. The fourth-order valence-corrected chi connectivity index (χ4v) is 2.62. The zero-order valence-electron chi connectivity index (χ0n) is 15.3. The molecule has 5 nitrogen and oxygen atoms in total. The Kier molecular flexibility index (Phi) is 5.61. The Labute approximate surface area is 158 Å². The van der Waals surface area contributed by atoms with Crippen molar-refractivity contribution < 1.29 is 9.66 Å². The third-order valence-electron chi connectivity index (χ3n) is 4.14. The molecule has 0 saturated carbocycles. The Morgan fingerprint density at radius 1 is 1.00 bits per heavy atom. The molecule has 0 saturated heterocycles. The topological polar surface area (TPSA) is 64.7 Å². The lowest BCUT2D eigenvalue weighted by atomic mass is 10.1. The van der Waals surface area contributed by atoms with E-state index in [0.29, 0.717) is 6.61 Å². The lowest BCUT2D eigenvalue weighted by Crippen LogP contribution is -1.96. The number of benzene rings is 3. The molecule has 0 amide bonds. The van der Waals surface area contributed by atoms with E-state index in [4.69, 9.17) is 4.74 Å². The number of non-ortho nitro benzene ring substituents is 1. The Morgan fingerprint density at radius 2 is 1.70 bits per heavy atom. The first-order valence-corrected chi connectivity index (χ1v) is 8.59. The van der Waals surface area contributed by atoms with E-state index in [2.05, 4.69) is 31.0 Å². The minimum atomic E-state index is -0.414. The maximum Gasteiger partial charge on any atom is 0.269 e. The summed E-state index contributed by atoms with van der Waals surface area (Å²) in [6, 6.07) is 20.2. The summed E-state index contributed by atoms with van der Waals surface area (Å²) in [4.78, 5) is 14.8. The fourth-order valence-electron chi connectivity index (χ4n) is 2.62. The van der Waals surface area contributed by atoms with Gasteiger partial charge < -0.3 is 4.74 Å². The summed E-state index contributed by atoms with van der Waals surface area (Å²) in [6.07, 6.45) is 1.83. The monoisotopic (exact) mass is 360 g/mol. The van der Waals surface area contributed by atoms with Crippen LogP contribution in [0.2, 0.25) is 0 Å². The van der Waals surface area contributed by atoms with Crippen LogP contribution < -0.4 is 4.74 Å². The number of ether oxygens (including phenoxy) is 1. The van der Waals surface area contributed by atoms with E-state index in [-0.39, 0.29) is 5.69 Å². The number of rotatable bonds is 6. The fraction of sp³-hybridized carbons (Fsp3) is 0.136. The van der Waals surface area contributed by atoms with Crippen LogP contribution >= 0.6 is 0 Å². The average Bonchev–Trinajstić information content (AvgIpc) is 2.67. The Bertz CT molecular complexity index is 962. The van der Waals surface area contributed by atoms with Crippen LogP contribution in [-0.2, 0) is 6.61 Å². The third kappa shape index (κ3) is 5.01. The molecule has 0 spiro atoms. The highest BCUT2D eigenvalue weighted by molar-refractivity contribution is 5.82. The van der Waals surface area contributed by atoms with Crippen LogP contribution in [0.3, 0.4) is 0 Å². The van der Waals surface area contributed by atoms with Crippen LogP contribution in [0.1, 0.15) is 22.3 Å². The highest BCUT2D eigenvalue weighted by Gasteiger charge is 2.04. The molecule has 0 bridgehead atoms. The van der Waals surface area contributed by atoms with Crippen LogP contribution in [-0.4, -0.2) is 11.1 Å². The molecule has 0 N–H and O–H groups in total. The number of hydrogen-bond acceptors (Lipinski definition) is 4. The molecule has 0 fully saturated rings. The molecule has 3 aromatic rings. The first-order valence-electron chi connectivity index (χ1n) is 8.59. The van der Waals surface area contributed by atoms with Crippen LogP contribution in [0.4, 0.5) is 11.4 Å². The molecule has 5 heteroatoms. The quantitative estimate of drug-likeness (QED) is 0.329. The molecule has 0 aliphatic carbocycles. The molecule has 3 rings (SSSR count). The number of hydrogen-bond donors (Lipinski definition) is 0. The largest absolute Gasteiger partial charge is 0.489 e. The predicted octanol–water partition coefficient (Wildman–Crippen LogP) is 5.54. The van der Waals surface area contributed by atoms with Crippen molar-refractivity contribution >= 4 is 17.6 Å². The van der Waals surface area contributed by atoms with Gasteiger partial charge in [-0.15, -0.1) is 0 Å². The van der Waals surface area contributed by atoms with E-state index in [1.54, 1.807) is 12.1 Å². The normalized spacial score (nSPS) is 10.9. The van der Waals surface area contributed by atoms with Gasteiger partial charge in [-0.3, -0.25) is 15.1 Å². The van der Waals surface area contributed by atoms with E-state index < -0.39 is 4.92 Å². The first-order chi connectivity index (χ1) is 13.0. The van der Waals surface area contributed by atoms with Gasteiger partial charge in [0.15, 0.2) is 0 Å². The van der Waals surface area contributed by atoms with Crippen LogP contribution in [0, 0.1) is 24.0 Å². The van der Waals surface area contributed by atoms with Crippen molar-refractivity contribution in [1.29, 1.82) is 0 Å². The van der Waals surface area contributed by atoms with E-state index in [0.717, 1.165) is 28.1 Å². The molecular weight excluding hydrogens is 340 g/mol. The summed E-state index contributed by atoms with van der Waals surface area (Å²) in [5.41, 5.74) is 5.26. The maximum atomic E-state index is 10.7. The third-order valence-corrected chi connectivity index (χ3v) is 4.14. The Morgan fingerprint density at radius 3 is 2.33 bits per heavy atom. The van der Waals surface area contributed by atoms with Crippen molar-refractivity contribution in [1.82, 2.24) is 0 Å². The summed E-state index contributed by atoms with van der Waals surface area (Å²) in [6.45, 7) is 4.47. The average molecular weight is 360 g/mol. The Balaban J connectivity index is 1.59. The van der Waals surface area contributed by atoms with Crippen molar-refractivity contribution in [2.45, 2.75) is 20.5 Å². The zero-order valence-corrected chi connectivity index (χ0v) is 15.3. The summed E-state index contributed by atoms with van der Waals surface area (Å²) in [5.74, 6) is 0.733. The SMILES string of the molecule is Cc1ccc(N=Cc2ccc(OCc3ccc([N+](=O)[O-])cc3)cc2)c(C)c1. The van der Waals surface area contributed by atoms with Gasteiger partial charge in [0.1, 0.15) is 12.4 Å². The van der Waals surface area contributed by atoms with E-state index in [9.17, 15) is 10.1 Å². The van der Waals surface area contributed by atoms with Crippen molar-refractivity contribution in [2.75, 3.05) is 0 Å². The molecule has 0 radical (unpaired) electrons. The van der Waals surface area contributed by atoms with E-state index in [1.165, 1.54) is 17.7 Å². The summed E-state index contributed by atoms with van der Waals surface area (Å²) in [5, 5.41) is 10.7. The van der Waals surface area contributed by atoms with Crippen molar-refractivity contribution in [3.05, 3.63) is 99.1 Å². The van der Waals surface area contributed by atoms with E-state index >= 15 is 0 Å². The van der Waals surface area contributed by atoms with Crippen molar-refractivity contribution in [3.8, 4) is 5.75 Å². The minimum Gasteiger partial charge on any atom is -0.489 e. The number of nitro benzene ring substituents is 1. The summed E-state index contributed by atoms with van der Waals surface area (Å²) < 4.78 is 5.73. The standard InChI is InChI=1S/C22H20N2O3/c1-16-3-12-22(17(2)13-16)23-14-18-6-10-21(11-7-18)27-15-19-4-8-20(9-5-19)24(25)26/h3-14H,15H2,1-2H3. The molecule has 3 aromatic carbocycles. The lowest BCUT2D eigenvalue weighted by molar-refractivity contribution is -0.384. The van der Waals surface area contributed by atoms with Gasteiger partial charge in [-0.1, -0.05) is 17.7 Å². The summed E-state index contributed by atoms with van der Waals surface area (Å²) >= 11 is 0. The predicted molar refractivity (Wildman–Crippen MR) is 107 cm³/mol. The van der Waals surface area contributed by atoms with Crippen molar-refractivity contribution in [2.24, 2.45) is 4.99 Å². The molecule has 0 aliphatic rings. The highest BCUT2D eigenvalue weighted by atomic mass is 16.6. The molecule has 0 heterocycles. The van der Waals surface area contributed by atoms with Gasteiger partial charge in [-0.2, -0.15) is 0 Å². The second kappa shape index (κ2) is 8.27. The van der Waals surface area contributed by atoms with E-state index in [1.807, 2.05) is 36.5 Å². The number of aliphatic imine (C=N–C) groups is 1. The molecular formula is C22H20N2O3. The van der Waals surface area contributed by atoms with Gasteiger partial charge in [0.05, 0.1) is 10.6 Å². The Hall–Kier alpha value is -3.47. The van der Waals surface area contributed by atoms with Gasteiger partial charge in [0, 0.05) is 18.3 Å². The second-order valence-corrected chi connectivity index (χ2v) is 6.33. The van der Waals surface area contributed by atoms with Gasteiger partial charge >= 0.3 is 0 Å². The van der Waals surface area contributed by atoms with Crippen LogP contribution in [0.25, 0.3) is 0 Å². The van der Waals surface area contributed by atoms with Crippen LogP contribution in [0.5, 0.6) is 5.75 Å². The van der Waals surface area contributed by atoms with Crippen molar-refractivity contribution in [3.63, 3.8) is 0 Å².